The third kappa shape index (κ3) is 2.76. The van der Waals surface area contributed by atoms with Crippen LogP contribution in [-0.4, -0.2) is 37.6 Å². The van der Waals surface area contributed by atoms with E-state index in [9.17, 15) is 4.79 Å². The lowest BCUT2D eigenvalue weighted by Crippen LogP contribution is -2.36. The Balaban J connectivity index is 1.68. The number of nitrogens with zero attached hydrogens (tertiary/aromatic N) is 2. The molecule has 1 saturated heterocycles. The Morgan fingerprint density at radius 1 is 0.958 bits per heavy atom. The predicted octanol–water partition coefficient (Wildman–Crippen LogP) is 3.55. The van der Waals surface area contributed by atoms with Gasteiger partial charge in [-0.15, -0.1) is 0 Å². The lowest BCUT2D eigenvalue weighted by atomic mass is 10.0. The second-order valence-corrected chi connectivity index (χ2v) is 5.90. The molecule has 24 heavy (non-hydrogen) atoms. The zero-order chi connectivity index (χ0) is 16.4. The number of carbonyl (C=O) groups is 1. The third-order valence-corrected chi connectivity index (χ3v) is 4.48. The molecule has 1 aromatic heterocycles. The Labute approximate surface area is 140 Å². The molecule has 2 heterocycles. The molecule has 0 amide bonds. The van der Waals surface area contributed by atoms with Gasteiger partial charge in [-0.05, 0) is 41.5 Å². The van der Waals surface area contributed by atoms with Gasteiger partial charge in [0.1, 0.15) is 0 Å². The van der Waals surface area contributed by atoms with E-state index in [4.69, 9.17) is 4.74 Å². The Kier molecular flexibility index (Phi) is 3.97. The van der Waals surface area contributed by atoms with E-state index < -0.39 is 0 Å². The van der Waals surface area contributed by atoms with Crippen LogP contribution in [0.2, 0.25) is 0 Å². The number of hydrogen-bond acceptors (Lipinski definition) is 4. The van der Waals surface area contributed by atoms with Crippen LogP contribution in [0.15, 0.2) is 54.7 Å². The molecule has 1 aliphatic rings. The molecule has 0 saturated carbocycles. The molecular weight excluding hydrogens is 300 g/mol. The molecule has 2 aromatic carbocycles. The molecule has 0 N–H and O–H groups in total. The van der Waals surface area contributed by atoms with Crippen molar-refractivity contribution >= 4 is 22.9 Å². The summed E-state index contributed by atoms with van der Waals surface area (Å²) in [5.74, 6) is 0. The van der Waals surface area contributed by atoms with E-state index in [1.807, 2.05) is 18.2 Å². The average molecular weight is 318 g/mol. The molecular formula is C20H18N2O2. The summed E-state index contributed by atoms with van der Waals surface area (Å²) in [7, 11) is 0. The number of anilines is 1. The maximum atomic E-state index is 11.2. The molecule has 4 heteroatoms. The molecule has 4 rings (SSSR count). The molecule has 1 fully saturated rings. The first-order valence-electron chi connectivity index (χ1n) is 8.12. The number of aldehydes is 1. The maximum Gasteiger partial charge on any atom is 0.150 e. The van der Waals surface area contributed by atoms with Crippen LogP contribution in [0, 0.1) is 0 Å². The number of carbonyl (C=O) groups excluding carboxylic acids is 1. The Hall–Kier alpha value is -2.72. The van der Waals surface area contributed by atoms with E-state index in [0.29, 0.717) is 5.56 Å². The van der Waals surface area contributed by atoms with Crippen LogP contribution in [0.1, 0.15) is 10.4 Å². The van der Waals surface area contributed by atoms with Gasteiger partial charge >= 0.3 is 0 Å². The fourth-order valence-corrected chi connectivity index (χ4v) is 3.14. The molecule has 3 aromatic rings. The van der Waals surface area contributed by atoms with Crippen molar-refractivity contribution in [2.75, 3.05) is 31.2 Å². The molecule has 120 valence electrons. The largest absolute Gasteiger partial charge is 0.378 e. The van der Waals surface area contributed by atoms with E-state index in [2.05, 4.69) is 34.1 Å². The van der Waals surface area contributed by atoms with Gasteiger partial charge in [0.15, 0.2) is 6.29 Å². The fraction of sp³-hybridized carbons (Fsp3) is 0.200. The fourth-order valence-electron chi connectivity index (χ4n) is 3.14. The molecule has 0 atom stereocenters. The van der Waals surface area contributed by atoms with Crippen molar-refractivity contribution in [2.24, 2.45) is 0 Å². The van der Waals surface area contributed by atoms with Gasteiger partial charge in [-0.2, -0.15) is 0 Å². The lowest BCUT2D eigenvalue weighted by molar-refractivity contribution is 0.112. The van der Waals surface area contributed by atoms with Crippen LogP contribution >= 0.6 is 0 Å². The smallest absolute Gasteiger partial charge is 0.150 e. The number of benzene rings is 2. The summed E-state index contributed by atoms with van der Waals surface area (Å²) < 4.78 is 5.40. The zero-order valence-corrected chi connectivity index (χ0v) is 13.3. The van der Waals surface area contributed by atoms with Crippen molar-refractivity contribution in [3.63, 3.8) is 0 Å². The van der Waals surface area contributed by atoms with Gasteiger partial charge in [-0.3, -0.25) is 9.78 Å². The van der Waals surface area contributed by atoms with Gasteiger partial charge in [-0.1, -0.05) is 18.2 Å². The second-order valence-electron chi connectivity index (χ2n) is 5.90. The summed E-state index contributed by atoms with van der Waals surface area (Å²) in [6, 6.07) is 16.4. The second kappa shape index (κ2) is 6.42. The highest BCUT2D eigenvalue weighted by Gasteiger charge is 2.11. The van der Waals surface area contributed by atoms with E-state index in [-0.39, 0.29) is 0 Å². The van der Waals surface area contributed by atoms with Crippen LogP contribution in [0.25, 0.3) is 22.0 Å². The summed E-state index contributed by atoms with van der Waals surface area (Å²) >= 11 is 0. The highest BCUT2D eigenvalue weighted by atomic mass is 16.5. The molecule has 0 bridgehead atoms. The predicted molar refractivity (Wildman–Crippen MR) is 95.6 cm³/mol. The standard InChI is InChI=1S/C20H18N2O2/c23-14-17-7-8-21-20-6-3-16(13-19(17)20)15-1-4-18(5-2-15)22-9-11-24-12-10-22/h1-8,13-14H,9-12H2. The van der Waals surface area contributed by atoms with Crippen molar-refractivity contribution in [3.8, 4) is 11.1 Å². The first-order chi connectivity index (χ1) is 11.8. The van der Waals surface area contributed by atoms with Crippen molar-refractivity contribution in [2.45, 2.75) is 0 Å². The van der Waals surface area contributed by atoms with Crippen LogP contribution < -0.4 is 4.90 Å². The first kappa shape index (κ1) is 14.8. The van der Waals surface area contributed by atoms with Crippen molar-refractivity contribution in [3.05, 3.63) is 60.3 Å². The van der Waals surface area contributed by atoms with Crippen LogP contribution in [0.4, 0.5) is 5.69 Å². The summed E-state index contributed by atoms with van der Waals surface area (Å²) in [5, 5.41) is 0.891. The monoisotopic (exact) mass is 318 g/mol. The number of hydrogen-bond donors (Lipinski definition) is 0. The van der Waals surface area contributed by atoms with Crippen LogP contribution in [-0.2, 0) is 4.74 Å². The number of fused-ring (bicyclic) bond motifs is 1. The third-order valence-electron chi connectivity index (χ3n) is 4.48. The van der Waals surface area contributed by atoms with E-state index in [1.54, 1.807) is 12.3 Å². The first-order valence-corrected chi connectivity index (χ1v) is 8.12. The van der Waals surface area contributed by atoms with Gasteiger partial charge in [-0.25, -0.2) is 0 Å². The number of pyridine rings is 1. The molecule has 0 spiro atoms. The minimum Gasteiger partial charge on any atom is -0.378 e. The average Bonchev–Trinajstić information content (AvgIpc) is 2.68. The molecule has 1 aliphatic heterocycles. The molecule has 4 nitrogen and oxygen atoms in total. The van der Waals surface area contributed by atoms with Gasteiger partial charge in [0.2, 0.25) is 0 Å². The van der Waals surface area contributed by atoms with Gasteiger partial charge in [0.25, 0.3) is 0 Å². The maximum absolute atomic E-state index is 11.2. The van der Waals surface area contributed by atoms with Crippen molar-refractivity contribution in [1.82, 2.24) is 4.98 Å². The summed E-state index contributed by atoms with van der Waals surface area (Å²) in [4.78, 5) is 17.9. The van der Waals surface area contributed by atoms with Gasteiger partial charge in [0.05, 0.1) is 18.7 Å². The van der Waals surface area contributed by atoms with E-state index in [1.165, 1.54) is 5.69 Å². The van der Waals surface area contributed by atoms with E-state index in [0.717, 1.165) is 54.6 Å². The van der Waals surface area contributed by atoms with Gasteiger partial charge in [0, 0.05) is 35.9 Å². The summed E-state index contributed by atoms with van der Waals surface area (Å²) in [5.41, 5.74) is 4.96. The van der Waals surface area contributed by atoms with Crippen LogP contribution in [0.3, 0.4) is 0 Å². The molecule has 0 aliphatic carbocycles. The van der Waals surface area contributed by atoms with E-state index >= 15 is 0 Å². The number of rotatable bonds is 3. The minimum absolute atomic E-state index is 0.673. The molecule has 0 radical (unpaired) electrons. The summed E-state index contributed by atoms with van der Waals surface area (Å²) in [6.07, 6.45) is 2.55. The Bertz CT molecular complexity index is 868. The number of aromatic nitrogens is 1. The number of ether oxygens (including phenoxy) is 1. The Morgan fingerprint density at radius 3 is 2.46 bits per heavy atom. The summed E-state index contributed by atoms with van der Waals surface area (Å²) in [6.45, 7) is 3.44. The highest BCUT2D eigenvalue weighted by Crippen LogP contribution is 2.27. The highest BCUT2D eigenvalue weighted by molar-refractivity contribution is 5.98. The Morgan fingerprint density at radius 2 is 1.71 bits per heavy atom. The lowest BCUT2D eigenvalue weighted by Gasteiger charge is -2.28. The molecule has 0 unspecified atom stereocenters. The minimum atomic E-state index is 0.673. The number of morpholine rings is 1. The SMILES string of the molecule is O=Cc1ccnc2ccc(-c3ccc(N4CCOCC4)cc3)cc12. The van der Waals surface area contributed by atoms with Crippen molar-refractivity contribution in [1.29, 1.82) is 0 Å². The normalized spacial score (nSPS) is 14.8. The van der Waals surface area contributed by atoms with Gasteiger partial charge < -0.3 is 9.64 Å². The topological polar surface area (TPSA) is 42.4 Å². The zero-order valence-electron chi connectivity index (χ0n) is 13.3. The van der Waals surface area contributed by atoms with Crippen molar-refractivity contribution < 1.29 is 9.53 Å². The van der Waals surface area contributed by atoms with Crippen LogP contribution in [0.5, 0.6) is 0 Å². The quantitative estimate of drug-likeness (QED) is 0.693.